The number of allylic oxidation sites excluding steroid dienone is 2. The van der Waals surface area contributed by atoms with Gasteiger partial charge in [0.1, 0.15) is 11.5 Å². The number of anilines is 2. The minimum atomic E-state index is -0.327. The second kappa shape index (κ2) is 6.33. The van der Waals surface area contributed by atoms with E-state index < -0.39 is 0 Å². The van der Waals surface area contributed by atoms with Crippen LogP contribution in [-0.4, -0.2) is 11.8 Å². The van der Waals surface area contributed by atoms with Gasteiger partial charge in [-0.15, -0.1) is 0 Å². The van der Waals surface area contributed by atoms with Crippen molar-refractivity contribution < 1.29 is 14.0 Å². The largest absolute Gasteiger partial charge is 0.466 e. The van der Waals surface area contributed by atoms with E-state index in [2.05, 4.69) is 0 Å². The van der Waals surface area contributed by atoms with Crippen molar-refractivity contribution >= 4 is 28.8 Å². The molecule has 2 aromatic rings. The lowest BCUT2D eigenvalue weighted by Crippen LogP contribution is -2.29. The fourth-order valence-corrected chi connectivity index (χ4v) is 3.34. The molecule has 5 nitrogen and oxygen atoms in total. The lowest BCUT2D eigenvalue weighted by molar-refractivity contribution is -0.119. The molecule has 0 saturated carbocycles. The van der Waals surface area contributed by atoms with Crippen molar-refractivity contribution in [3.05, 3.63) is 64.1 Å². The molecule has 134 valence electrons. The van der Waals surface area contributed by atoms with Crippen LogP contribution in [0.5, 0.6) is 0 Å². The van der Waals surface area contributed by atoms with Gasteiger partial charge in [0.15, 0.2) is 0 Å². The minimum absolute atomic E-state index is 0.313. The molecule has 1 aromatic carbocycles. The summed E-state index contributed by atoms with van der Waals surface area (Å²) in [7, 11) is 0. The normalized spacial score (nSPS) is 16.5. The fraction of sp³-hybridized carbons (Fsp3) is 0.238. The van der Waals surface area contributed by atoms with Gasteiger partial charge in [-0.25, -0.2) is 4.90 Å². The molecule has 0 atom stereocenters. The maximum atomic E-state index is 13.2. The smallest absolute Gasteiger partial charge is 0.266 e. The Kier molecular flexibility index (Phi) is 4.32. The summed E-state index contributed by atoms with van der Waals surface area (Å²) in [5, 5.41) is 0. The van der Waals surface area contributed by atoms with Crippen molar-refractivity contribution in [3.8, 4) is 0 Å². The van der Waals surface area contributed by atoms with E-state index in [1.165, 1.54) is 4.90 Å². The molecular weight excluding hydrogens is 328 g/mol. The molecule has 1 aliphatic heterocycles. The Morgan fingerprint density at radius 1 is 0.962 bits per heavy atom. The van der Waals surface area contributed by atoms with Crippen LogP contribution in [0.25, 0.3) is 5.57 Å². The van der Waals surface area contributed by atoms with Crippen LogP contribution in [0.3, 0.4) is 0 Å². The van der Waals surface area contributed by atoms with Gasteiger partial charge in [0, 0.05) is 11.3 Å². The first-order chi connectivity index (χ1) is 12.2. The number of imide groups is 1. The summed E-state index contributed by atoms with van der Waals surface area (Å²) in [6.45, 7) is 9.25. The Morgan fingerprint density at radius 3 is 2.04 bits per heavy atom. The third kappa shape index (κ3) is 2.75. The molecule has 0 aliphatic carbocycles. The van der Waals surface area contributed by atoms with Crippen LogP contribution in [0.1, 0.15) is 37.9 Å². The number of aryl methyl sites for hydroxylation is 2. The molecule has 2 N–H and O–H groups in total. The summed E-state index contributed by atoms with van der Waals surface area (Å²) in [5.74, 6) is 0.855. The number of carbonyl (C=O) groups excluding carboxylic acids is 2. The average Bonchev–Trinajstić information content (AvgIpc) is 3.04. The highest BCUT2D eigenvalue weighted by Crippen LogP contribution is 2.37. The van der Waals surface area contributed by atoms with Gasteiger partial charge in [0.05, 0.1) is 16.8 Å². The molecule has 1 fully saturated rings. The van der Waals surface area contributed by atoms with Crippen LogP contribution < -0.4 is 10.6 Å². The zero-order valence-corrected chi connectivity index (χ0v) is 15.6. The molecule has 2 amide bonds. The number of benzene rings is 1. The van der Waals surface area contributed by atoms with Crippen LogP contribution in [0.4, 0.5) is 11.4 Å². The molecular formula is C21H22N2O3. The van der Waals surface area contributed by atoms with Crippen LogP contribution in [0, 0.1) is 13.8 Å². The van der Waals surface area contributed by atoms with Crippen LogP contribution in [-0.2, 0) is 9.59 Å². The highest BCUT2D eigenvalue weighted by molar-refractivity contribution is 6.39. The molecule has 1 aromatic heterocycles. The Labute approximate surface area is 152 Å². The third-order valence-corrected chi connectivity index (χ3v) is 4.56. The number of furan rings is 1. The summed E-state index contributed by atoms with van der Waals surface area (Å²) in [5.41, 5.74) is 10.1. The van der Waals surface area contributed by atoms with Crippen molar-refractivity contribution in [1.82, 2.24) is 0 Å². The lowest BCUT2D eigenvalue weighted by atomic mass is 9.95. The molecule has 0 bridgehead atoms. The topological polar surface area (TPSA) is 76.5 Å². The average molecular weight is 350 g/mol. The van der Waals surface area contributed by atoms with Crippen molar-refractivity contribution in [2.24, 2.45) is 0 Å². The number of rotatable bonds is 2. The standard InChI is InChI=1S/C21H22N2O3/c1-11(2)18-19(13(4)17-10-12(3)26-14(17)5)21(25)23(20(18)24)16-8-6-15(22)7-9-16/h6-10H,22H2,1-5H3/b19-13+. The van der Waals surface area contributed by atoms with Crippen LogP contribution in [0.15, 0.2) is 51.5 Å². The second-order valence-corrected chi connectivity index (χ2v) is 6.74. The highest BCUT2D eigenvalue weighted by atomic mass is 16.3. The predicted molar refractivity (Wildman–Crippen MR) is 102 cm³/mol. The first kappa shape index (κ1) is 17.7. The number of nitrogen functional groups attached to an aromatic ring is 1. The van der Waals surface area contributed by atoms with Gasteiger partial charge < -0.3 is 10.2 Å². The van der Waals surface area contributed by atoms with Gasteiger partial charge >= 0.3 is 0 Å². The SMILES string of the molecule is CC(C)=C1C(=O)N(c2ccc(N)cc2)C(=O)/C1=C(\C)c1cc(C)oc1C. The van der Waals surface area contributed by atoms with E-state index in [-0.39, 0.29) is 11.8 Å². The van der Waals surface area contributed by atoms with Crippen molar-refractivity contribution in [2.75, 3.05) is 10.6 Å². The fourth-order valence-electron chi connectivity index (χ4n) is 3.34. The summed E-state index contributed by atoms with van der Waals surface area (Å²) >= 11 is 0. The highest BCUT2D eigenvalue weighted by Gasteiger charge is 2.41. The van der Waals surface area contributed by atoms with Crippen molar-refractivity contribution in [3.63, 3.8) is 0 Å². The molecule has 26 heavy (non-hydrogen) atoms. The lowest BCUT2D eigenvalue weighted by Gasteiger charge is -2.13. The van der Waals surface area contributed by atoms with Gasteiger partial charge in [0.25, 0.3) is 11.8 Å². The number of hydrogen-bond donors (Lipinski definition) is 1. The third-order valence-electron chi connectivity index (χ3n) is 4.56. The second-order valence-electron chi connectivity index (χ2n) is 6.74. The maximum absolute atomic E-state index is 13.2. The molecule has 2 heterocycles. The van der Waals surface area contributed by atoms with E-state index in [0.29, 0.717) is 22.5 Å². The quantitative estimate of drug-likeness (QED) is 0.501. The molecule has 0 spiro atoms. The van der Waals surface area contributed by atoms with E-state index in [1.54, 1.807) is 24.3 Å². The van der Waals surface area contributed by atoms with Gasteiger partial charge in [-0.1, -0.05) is 5.57 Å². The van der Waals surface area contributed by atoms with Crippen LogP contribution in [0.2, 0.25) is 0 Å². The Morgan fingerprint density at radius 2 is 1.54 bits per heavy atom. The monoisotopic (exact) mass is 350 g/mol. The Hall–Kier alpha value is -3.08. The summed E-state index contributed by atoms with van der Waals surface area (Å²) in [4.78, 5) is 27.4. The number of carbonyl (C=O) groups is 2. The van der Waals surface area contributed by atoms with Crippen molar-refractivity contribution in [2.45, 2.75) is 34.6 Å². The Bertz CT molecular complexity index is 971. The number of amides is 2. The first-order valence-corrected chi connectivity index (χ1v) is 8.42. The maximum Gasteiger partial charge on any atom is 0.266 e. The van der Waals surface area contributed by atoms with Crippen LogP contribution >= 0.6 is 0 Å². The van der Waals surface area contributed by atoms with E-state index >= 15 is 0 Å². The van der Waals surface area contributed by atoms with E-state index in [0.717, 1.165) is 28.2 Å². The Balaban J connectivity index is 2.22. The summed E-state index contributed by atoms with van der Waals surface area (Å²) < 4.78 is 5.60. The van der Waals surface area contributed by atoms with Gasteiger partial charge in [-0.05, 0) is 70.5 Å². The molecule has 0 unspecified atom stereocenters. The first-order valence-electron chi connectivity index (χ1n) is 8.42. The number of nitrogens with zero attached hydrogens (tertiary/aromatic N) is 1. The van der Waals surface area contributed by atoms with E-state index in [9.17, 15) is 9.59 Å². The predicted octanol–water partition coefficient (Wildman–Crippen LogP) is 4.16. The summed E-state index contributed by atoms with van der Waals surface area (Å²) in [6.07, 6.45) is 0. The molecule has 1 aliphatic rings. The van der Waals surface area contributed by atoms with Gasteiger partial charge in [-0.2, -0.15) is 0 Å². The van der Waals surface area contributed by atoms with E-state index in [1.807, 2.05) is 40.7 Å². The van der Waals surface area contributed by atoms with Gasteiger partial charge in [0.2, 0.25) is 0 Å². The number of nitrogens with two attached hydrogens (primary N) is 1. The van der Waals surface area contributed by atoms with Gasteiger partial charge in [-0.3, -0.25) is 9.59 Å². The van der Waals surface area contributed by atoms with Crippen molar-refractivity contribution in [1.29, 1.82) is 0 Å². The zero-order valence-electron chi connectivity index (χ0n) is 15.6. The minimum Gasteiger partial charge on any atom is -0.466 e. The number of hydrogen-bond acceptors (Lipinski definition) is 4. The zero-order chi connectivity index (χ0) is 19.2. The molecule has 1 saturated heterocycles. The molecule has 0 radical (unpaired) electrons. The summed E-state index contributed by atoms with van der Waals surface area (Å²) in [6, 6.07) is 8.61. The molecule has 3 rings (SSSR count). The molecule has 5 heteroatoms. The van der Waals surface area contributed by atoms with E-state index in [4.69, 9.17) is 10.2 Å².